The Bertz CT molecular complexity index is 1170. The molecule has 0 aromatic carbocycles. The molecule has 166 valence electrons. The summed E-state index contributed by atoms with van der Waals surface area (Å²) in [6, 6.07) is 4.20. The molecule has 0 aliphatic carbocycles. The fourth-order valence-electron chi connectivity index (χ4n) is 4.92. The van der Waals surface area contributed by atoms with E-state index in [1.54, 1.807) is 6.20 Å². The summed E-state index contributed by atoms with van der Waals surface area (Å²) < 4.78 is 0. The van der Waals surface area contributed by atoms with E-state index in [0.717, 1.165) is 71.6 Å². The Kier molecular flexibility index (Phi) is 5.28. The first-order valence-electron chi connectivity index (χ1n) is 11.3. The molecule has 0 unspecified atom stereocenters. The average molecular weight is 449 g/mol. The van der Waals surface area contributed by atoms with Gasteiger partial charge in [-0.1, -0.05) is 31.5 Å². The van der Waals surface area contributed by atoms with Crippen LogP contribution in [0, 0.1) is 13.8 Å². The van der Waals surface area contributed by atoms with Gasteiger partial charge < -0.3 is 9.80 Å². The van der Waals surface area contributed by atoms with Crippen molar-refractivity contribution in [2.45, 2.75) is 52.5 Å². The van der Waals surface area contributed by atoms with E-state index in [9.17, 15) is 0 Å². The molecule has 0 radical (unpaired) electrons. The SMILES string of the molecule is Cc1cnc(-c2cc(N3Cc4cnc(N5CCCC5)nc4C(C)(C)C3)ncc2Cl)c(C)c1. The number of fused-ring (bicyclic) bond motifs is 1. The van der Waals surface area contributed by atoms with Crippen molar-refractivity contribution in [1.29, 1.82) is 0 Å². The second-order valence-corrected chi connectivity index (χ2v) is 10.1. The minimum absolute atomic E-state index is 0.121. The van der Waals surface area contributed by atoms with Crippen LogP contribution in [-0.2, 0) is 12.0 Å². The molecule has 2 aliphatic rings. The summed E-state index contributed by atoms with van der Waals surface area (Å²) in [5.74, 6) is 1.77. The van der Waals surface area contributed by atoms with Gasteiger partial charge in [-0.2, -0.15) is 0 Å². The molecule has 0 bridgehead atoms. The predicted octanol–water partition coefficient (Wildman–Crippen LogP) is 5.10. The molecule has 0 atom stereocenters. The van der Waals surface area contributed by atoms with Crippen LogP contribution in [-0.4, -0.2) is 39.6 Å². The van der Waals surface area contributed by atoms with Gasteiger partial charge in [0.15, 0.2) is 0 Å². The molecule has 0 N–H and O–H groups in total. The topological polar surface area (TPSA) is 58.0 Å². The lowest BCUT2D eigenvalue weighted by Crippen LogP contribution is -2.43. The summed E-state index contributed by atoms with van der Waals surface area (Å²) in [5, 5.41) is 0.614. The highest BCUT2D eigenvalue weighted by atomic mass is 35.5. The first-order valence-corrected chi connectivity index (χ1v) is 11.6. The van der Waals surface area contributed by atoms with Crippen LogP contribution in [0.4, 0.5) is 11.8 Å². The van der Waals surface area contributed by atoms with Gasteiger partial charge in [0.05, 0.1) is 16.4 Å². The number of anilines is 2. The van der Waals surface area contributed by atoms with Gasteiger partial charge in [0.2, 0.25) is 5.95 Å². The maximum Gasteiger partial charge on any atom is 0.225 e. The fourth-order valence-corrected chi connectivity index (χ4v) is 5.12. The first kappa shape index (κ1) is 21.1. The number of nitrogens with zero attached hydrogens (tertiary/aromatic N) is 6. The summed E-state index contributed by atoms with van der Waals surface area (Å²) in [5.41, 5.74) is 6.25. The maximum atomic E-state index is 6.55. The van der Waals surface area contributed by atoms with E-state index in [1.165, 1.54) is 12.8 Å². The summed E-state index contributed by atoms with van der Waals surface area (Å²) >= 11 is 6.55. The smallest absolute Gasteiger partial charge is 0.225 e. The Hall–Kier alpha value is -2.73. The minimum atomic E-state index is -0.121. The first-order chi connectivity index (χ1) is 15.3. The second-order valence-electron chi connectivity index (χ2n) is 9.68. The lowest BCUT2D eigenvalue weighted by Gasteiger charge is -2.39. The zero-order chi connectivity index (χ0) is 22.5. The van der Waals surface area contributed by atoms with Gasteiger partial charge in [0, 0.05) is 61.3 Å². The summed E-state index contributed by atoms with van der Waals surface area (Å²) in [7, 11) is 0. The van der Waals surface area contributed by atoms with Gasteiger partial charge in [-0.25, -0.2) is 15.0 Å². The van der Waals surface area contributed by atoms with Crippen molar-refractivity contribution in [1.82, 2.24) is 19.9 Å². The second kappa shape index (κ2) is 8.00. The van der Waals surface area contributed by atoms with Gasteiger partial charge in [-0.05, 0) is 43.9 Å². The largest absolute Gasteiger partial charge is 0.351 e. The van der Waals surface area contributed by atoms with Gasteiger partial charge in [0.1, 0.15) is 5.82 Å². The third-order valence-electron chi connectivity index (χ3n) is 6.46. The number of aryl methyl sites for hydroxylation is 2. The van der Waals surface area contributed by atoms with E-state index in [0.29, 0.717) is 5.02 Å². The van der Waals surface area contributed by atoms with Crippen LogP contribution in [0.1, 0.15) is 49.1 Å². The van der Waals surface area contributed by atoms with Gasteiger partial charge in [-0.3, -0.25) is 4.98 Å². The molecule has 0 spiro atoms. The molecule has 5 heterocycles. The van der Waals surface area contributed by atoms with Crippen LogP contribution in [0.25, 0.3) is 11.3 Å². The van der Waals surface area contributed by atoms with Crippen LogP contribution >= 0.6 is 11.6 Å². The normalized spacial score (nSPS) is 17.5. The summed E-state index contributed by atoms with van der Waals surface area (Å²) in [4.78, 5) is 23.6. The molecule has 2 aliphatic heterocycles. The van der Waals surface area contributed by atoms with Crippen molar-refractivity contribution >= 4 is 23.4 Å². The van der Waals surface area contributed by atoms with Crippen molar-refractivity contribution in [3.8, 4) is 11.3 Å². The highest BCUT2D eigenvalue weighted by Gasteiger charge is 2.35. The standard InChI is InChI=1S/C25H29ClN6/c1-16-9-17(2)22(28-11-16)19-10-21(27-13-20(19)26)32-14-18-12-29-24(31-7-5-6-8-31)30-23(18)25(3,4)15-32/h9-13H,5-8,14-15H2,1-4H3. The quantitative estimate of drug-likeness (QED) is 0.555. The Morgan fingerprint density at radius 1 is 0.938 bits per heavy atom. The fraction of sp³-hybridized carbons (Fsp3) is 0.440. The molecule has 3 aromatic heterocycles. The highest BCUT2D eigenvalue weighted by molar-refractivity contribution is 6.33. The number of halogens is 1. The summed E-state index contributed by atoms with van der Waals surface area (Å²) in [6.45, 7) is 12.3. The number of hydrogen-bond acceptors (Lipinski definition) is 6. The van der Waals surface area contributed by atoms with Crippen LogP contribution in [0.2, 0.25) is 5.02 Å². The number of hydrogen-bond donors (Lipinski definition) is 0. The molecule has 1 fully saturated rings. The summed E-state index contributed by atoms with van der Waals surface area (Å²) in [6.07, 6.45) is 8.07. The molecular formula is C25H29ClN6. The molecule has 6 nitrogen and oxygen atoms in total. The van der Waals surface area contributed by atoms with Crippen molar-refractivity contribution in [3.05, 3.63) is 58.1 Å². The van der Waals surface area contributed by atoms with Crippen LogP contribution in [0.3, 0.4) is 0 Å². The van der Waals surface area contributed by atoms with E-state index in [2.05, 4.69) is 52.7 Å². The maximum absolute atomic E-state index is 6.55. The van der Waals surface area contributed by atoms with Gasteiger partial charge in [0.25, 0.3) is 0 Å². The van der Waals surface area contributed by atoms with Crippen LogP contribution < -0.4 is 9.80 Å². The number of aromatic nitrogens is 4. The lowest BCUT2D eigenvalue weighted by molar-refractivity contribution is 0.457. The Balaban J connectivity index is 1.49. The van der Waals surface area contributed by atoms with E-state index >= 15 is 0 Å². The third kappa shape index (κ3) is 3.81. The lowest BCUT2D eigenvalue weighted by atomic mass is 9.82. The van der Waals surface area contributed by atoms with Gasteiger partial charge in [-0.15, -0.1) is 0 Å². The zero-order valence-electron chi connectivity index (χ0n) is 19.2. The van der Waals surface area contributed by atoms with Crippen molar-refractivity contribution < 1.29 is 0 Å². The van der Waals surface area contributed by atoms with E-state index in [-0.39, 0.29) is 5.41 Å². The van der Waals surface area contributed by atoms with Gasteiger partial charge >= 0.3 is 0 Å². The minimum Gasteiger partial charge on any atom is -0.351 e. The van der Waals surface area contributed by atoms with Crippen molar-refractivity contribution in [2.24, 2.45) is 0 Å². The Labute approximate surface area is 194 Å². The number of rotatable bonds is 3. The molecule has 3 aromatic rings. The zero-order valence-corrected chi connectivity index (χ0v) is 19.9. The Morgan fingerprint density at radius 2 is 1.72 bits per heavy atom. The van der Waals surface area contributed by atoms with Crippen molar-refractivity contribution in [3.63, 3.8) is 0 Å². The number of pyridine rings is 2. The van der Waals surface area contributed by atoms with E-state index < -0.39 is 0 Å². The average Bonchev–Trinajstić information content (AvgIpc) is 3.29. The molecule has 0 saturated carbocycles. The molecule has 5 rings (SSSR count). The molecular weight excluding hydrogens is 420 g/mol. The van der Waals surface area contributed by atoms with E-state index in [4.69, 9.17) is 21.6 Å². The predicted molar refractivity (Wildman–Crippen MR) is 130 cm³/mol. The van der Waals surface area contributed by atoms with Crippen LogP contribution in [0.15, 0.2) is 30.7 Å². The molecule has 7 heteroatoms. The molecule has 1 saturated heterocycles. The van der Waals surface area contributed by atoms with Crippen LogP contribution in [0.5, 0.6) is 0 Å². The molecule has 32 heavy (non-hydrogen) atoms. The Morgan fingerprint density at radius 3 is 2.47 bits per heavy atom. The van der Waals surface area contributed by atoms with Crippen molar-refractivity contribution in [2.75, 3.05) is 29.4 Å². The monoisotopic (exact) mass is 448 g/mol. The molecule has 0 amide bonds. The highest BCUT2D eigenvalue weighted by Crippen LogP contribution is 2.37. The van der Waals surface area contributed by atoms with E-state index in [1.807, 2.05) is 19.3 Å². The third-order valence-corrected chi connectivity index (χ3v) is 6.77.